The van der Waals surface area contributed by atoms with Crippen molar-refractivity contribution in [1.29, 1.82) is 0 Å². The molecule has 3 aromatic rings. The molecule has 1 N–H and O–H groups in total. The number of carbonyl (C=O) groups excluding carboxylic acids is 1. The first-order chi connectivity index (χ1) is 14.0. The second-order valence-electron chi connectivity index (χ2n) is 7.46. The largest absolute Gasteiger partial charge is 0.497 e. The molecular formula is C23H26N4O2. The highest BCUT2D eigenvalue weighted by Crippen LogP contribution is 2.24. The lowest BCUT2D eigenvalue weighted by molar-refractivity contribution is 0.0741. The van der Waals surface area contributed by atoms with E-state index in [0.29, 0.717) is 18.8 Å². The van der Waals surface area contributed by atoms with Crippen molar-refractivity contribution in [1.82, 2.24) is 15.1 Å². The predicted octanol–water partition coefficient (Wildman–Crippen LogP) is 3.66. The van der Waals surface area contributed by atoms with Gasteiger partial charge in [0.05, 0.1) is 12.8 Å². The van der Waals surface area contributed by atoms with Crippen LogP contribution in [0, 0.1) is 13.8 Å². The van der Waals surface area contributed by atoms with Gasteiger partial charge in [0.15, 0.2) is 0 Å². The third-order valence-corrected chi connectivity index (χ3v) is 5.47. The number of aromatic nitrogens is 2. The summed E-state index contributed by atoms with van der Waals surface area (Å²) in [5.74, 6) is 0.792. The van der Waals surface area contributed by atoms with E-state index in [9.17, 15) is 4.79 Å². The minimum absolute atomic E-state index is 0.00197. The Balaban J connectivity index is 1.42. The van der Waals surface area contributed by atoms with E-state index >= 15 is 0 Å². The number of nitrogens with zero attached hydrogens (tertiary/aromatic N) is 3. The van der Waals surface area contributed by atoms with E-state index in [2.05, 4.69) is 47.1 Å². The number of hydrogen-bond acceptors (Lipinski definition) is 4. The van der Waals surface area contributed by atoms with Crippen LogP contribution < -0.4 is 9.64 Å². The van der Waals surface area contributed by atoms with Gasteiger partial charge >= 0.3 is 0 Å². The molecule has 4 rings (SSSR count). The second kappa shape index (κ2) is 7.99. The predicted molar refractivity (Wildman–Crippen MR) is 115 cm³/mol. The quantitative estimate of drug-likeness (QED) is 0.738. The normalized spacial score (nSPS) is 14.2. The van der Waals surface area contributed by atoms with Crippen molar-refractivity contribution < 1.29 is 9.53 Å². The fourth-order valence-corrected chi connectivity index (χ4v) is 3.72. The molecule has 0 bridgehead atoms. The Hall–Kier alpha value is -3.28. The molecule has 6 nitrogen and oxygen atoms in total. The number of methoxy groups -OCH3 is 1. The Morgan fingerprint density at radius 1 is 1.00 bits per heavy atom. The minimum Gasteiger partial charge on any atom is -0.497 e. The van der Waals surface area contributed by atoms with E-state index in [-0.39, 0.29) is 5.91 Å². The lowest BCUT2D eigenvalue weighted by atomic mass is 10.1. The second-order valence-corrected chi connectivity index (χ2v) is 7.46. The molecule has 0 aliphatic carbocycles. The van der Waals surface area contributed by atoms with Crippen LogP contribution in [0.15, 0.2) is 48.5 Å². The molecule has 0 unspecified atom stereocenters. The first-order valence-electron chi connectivity index (χ1n) is 9.86. The monoisotopic (exact) mass is 390 g/mol. The number of carbonyl (C=O) groups is 1. The van der Waals surface area contributed by atoms with Gasteiger partial charge in [-0.15, -0.1) is 0 Å². The highest BCUT2D eigenvalue weighted by atomic mass is 16.5. The Kier molecular flexibility index (Phi) is 5.25. The van der Waals surface area contributed by atoms with Crippen LogP contribution in [0.3, 0.4) is 0 Å². The number of ether oxygens (including phenoxy) is 1. The summed E-state index contributed by atoms with van der Waals surface area (Å²) in [4.78, 5) is 17.2. The summed E-state index contributed by atoms with van der Waals surface area (Å²) in [5.41, 5.74) is 6.02. The van der Waals surface area contributed by atoms with Gasteiger partial charge in [-0.3, -0.25) is 9.89 Å². The molecule has 6 heteroatoms. The van der Waals surface area contributed by atoms with Crippen LogP contribution in [0.4, 0.5) is 5.69 Å². The number of H-pyrrole nitrogens is 1. The van der Waals surface area contributed by atoms with Gasteiger partial charge in [-0.25, -0.2) is 0 Å². The molecule has 1 saturated heterocycles. The van der Waals surface area contributed by atoms with E-state index < -0.39 is 0 Å². The Morgan fingerprint density at radius 2 is 1.72 bits per heavy atom. The summed E-state index contributed by atoms with van der Waals surface area (Å²) in [6.45, 7) is 7.30. The molecule has 0 saturated carbocycles. The highest BCUT2D eigenvalue weighted by molar-refractivity contribution is 5.93. The molecule has 1 amide bonds. The van der Waals surface area contributed by atoms with Crippen molar-refractivity contribution in [3.63, 3.8) is 0 Å². The first-order valence-corrected chi connectivity index (χ1v) is 9.86. The maximum atomic E-state index is 12.9. The van der Waals surface area contributed by atoms with E-state index in [1.807, 2.05) is 35.2 Å². The summed E-state index contributed by atoms with van der Waals surface area (Å²) in [6.07, 6.45) is 0. The molecule has 1 aliphatic rings. The first kappa shape index (κ1) is 19.1. The van der Waals surface area contributed by atoms with Gasteiger partial charge < -0.3 is 14.5 Å². The number of aromatic amines is 1. The van der Waals surface area contributed by atoms with E-state index in [4.69, 9.17) is 4.74 Å². The third-order valence-electron chi connectivity index (χ3n) is 5.47. The Bertz CT molecular complexity index is 1000. The van der Waals surface area contributed by atoms with Crippen LogP contribution in [-0.2, 0) is 0 Å². The van der Waals surface area contributed by atoms with E-state index in [1.54, 1.807) is 7.11 Å². The molecule has 2 heterocycles. The van der Waals surface area contributed by atoms with Crippen molar-refractivity contribution in [3.8, 4) is 17.0 Å². The molecule has 0 radical (unpaired) electrons. The van der Waals surface area contributed by atoms with Crippen LogP contribution in [-0.4, -0.2) is 54.3 Å². The fourth-order valence-electron chi connectivity index (χ4n) is 3.72. The topological polar surface area (TPSA) is 61.5 Å². The van der Waals surface area contributed by atoms with E-state index in [1.165, 1.54) is 16.8 Å². The lowest BCUT2D eigenvalue weighted by Gasteiger charge is -2.36. The van der Waals surface area contributed by atoms with E-state index in [0.717, 1.165) is 30.1 Å². The van der Waals surface area contributed by atoms with Gasteiger partial charge in [0.2, 0.25) is 0 Å². The molecule has 1 aliphatic heterocycles. The SMILES string of the molecule is COc1ccc(-c2cc(C(=O)N3CCN(c4cc(C)ccc4C)CC3)[nH]n2)cc1. The Labute approximate surface area is 171 Å². The maximum absolute atomic E-state index is 12.9. The molecule has 150 valence electrons. The number of aryl methyl sites for hydroxylation is 2. The van der Waals surface area contributed by atoms with Gasteiger partial charge in [0.1, 0.15) is 11.4 Å². The lowest BCUT2D eigenvalue weighted by Crippen LogP contribution is -2.49. The molecule has 1 aromatic heterocycles. The third kappa shape index (κ3) is 3.97. The van der Waals surface area contributed by atoms with Gasteiger partial charge in [0.25, 0.3) is 5.91 Å². The van der Waals surface area contributed by atoms with Crippen molar-refractivity contribution >= 4 is 11.6 Å². The smallest absolute Gasteiger partial charge is 0.272 e. The summed E-state index contributed by atoms with van der Waals surface area (Å²) in [7, 11) is 1.64. The molecule has 1 fully saturated rings. The maximum Gasteiger partial charge on any atom is 0.272 e. The van der Waals surface area contributed by atoms with Crippen molar-refractivity contribution in [3.05, 3.63) is 65.4 Å². The number of piperazine rings is 1. The van der Waals surface area contributed by atoms with Crippen LogP contribution in [0.1, 0.15) is 21.6 Å². The minimum atomic E-state index is -0.00197. The van der Waals surface area contributed by atoms with Crippen molar-refractivity contribution in [2.75, 3.05) is 38.2 Å². The summed E-state index contributed by atoms with van der Waals surface area (Å²) in [5, 5.41) is 7.22. The summed E-state index contributed by atoms with van der Waals surface area (Å²) in [6, 6.07) is 16.0. The highest BCUT2D eigenvalue weighted by Gasteiger charge is 2.24. The zero-order valence-electron chi connectivity index (χ0n) is 17.1. The zero-order valence-corrected chi connectivity index (χ0v) is 17.1. The van der Waals surface area contributed by atoms with Crippen LogP contribution in [0.25, 0.3) is 11.3 Å². The number of hydrogen-bond donors (Lipinski definition) is 1. The Morgan fingerprint density at radius 3 is 2.41 bits per heavy atom. The van der Waals surface area contributed by atoms with Crippen LogP contribution >= 0.6 is 0 Å². The van der Waals surface area contributed by atoms with Gasteiger partial charge in [-0.2, -0.15) is 5.10 Å². The fraction of sp³-hybridized carbons (Fsp3) is 0.304. The van der Waals surface area contributed by atoms with Crippen molar-refractivity contribution in [2.24, 2.45) is 0 Å². The molecule has 0 atom stereocenters. The average Bonchev–Trinajstić information content (AvgIpc) is 3.25. The number of rotatable bonds is 4. The number of benzene rings is 2. The number of nitrogens with one attached hydrogen (secondary N) is 1. The van der Waals surface area contributed by atoms with Crippen LogP contribution in [0.5, 0.6) is 5.75 Å². The number of anilines is 1. The molecule has 29 heavy (non-hydrogen) atoms. The summed E-state index contributed by atoms with van der Waals surface area (Å²) < 4.78 is 5.19. The number of amides is 1. The van der Waals surface area contributed by atoms with Gasteiger partial charge in [0, 0.05) is 37.4 Å². The van der Waals surface area contributed by atoms with Gasteiger partial charge in [-0.1, -0.05) is 12.1 Å². The molecule has 0 spiro atoms. The van der Waals surface area contributed by atoms with Crippen molar-refractivity contribution in [2.45, 2.75) is 13.8 Å². The zero-order chi connectivity index (χ0) is 20.4. The average molecular weight is 390 g/mol. The molecular weight excluding hydrogens is 364 g/mol. The van der Waals surface area contributed by atoms with Gasteiger partial charge in [-0.05, 0) is 61.4 Å². The van der Waals surface area contributed by atoms with Crippen LogP contribution in [0.2, 0.25) is 0 Å². The molecule has 2 aromatic carbocycles. The standard InChI is InChI=1S/C23H26N4O2/c1-16-4-5-17(2)22(14-16)26-10-12-27(13-11-26)23(28)21-15-20(24-25-21)18-6-8-19(29-3)9-7-18/h4-9,14-15H,10-13H2,1-3H3,(H,24,25). The summed E-state index contributed by atoms with van der Waals surface area (Å²) >= 11 is 0.